The van der Waals surface area contributed by atoms with Gasteiger partial charge in [-0.1, -0.05) is 31.2 Å². The molecular weight excluding hydrogens is 266 g/mol. The second kappa shape index (κ2) is 6.99. The van der Waals surface area contributed by atoms with Gasteiger partial charge in [-0.05, 0) is 30.0 Å². The zero-order valence-corrected chi connectivity index (χ0v) is 12.4. The van der Waals surface area contributed by atoms with Crippen LogP contribution in [0.5, 0.6) is 0 Å². The van der Waals surface area contributed by atoms with E-state index in [0.29, 0.717) is 19.0 Å². The summed E-state index contributed by atoms with van der Waals surface area (Å²) in [5, 5.41) is 10.5. The normalized spacial score (nSPS) is 12.1. The molecule has 1 aromatic carbocycles. The molecule has 0 aliphatic heterocycles. The third kappa shape index (κ3) is 3.88. The summed E-state index contributed by atoms with van der Waals surface area (Å²) in [7, 11) is 0. The van der Waals surface area contributed by atoms with E-state index in [0.717, 1.165) is 12.1 Å². The Morgan fingerprint density at radius 2 is 2.10 bits per heavy atom. The van der Waals surface area contributed by atoms with Crippen LogP contribution in [-0.4, -0.2) is 27.4 Å². The maximum atomic E-state index is 12.0. The van der Waals surface area contributed by atoms with Crippen LogP contribution >= 0.6 is 0 Å². The summed E-state index contributed by atoms with van der Waals surface area (Å²) in [4.78, 5) is 12.0. The van der Waals surface area contributed by atoms with E-state index < -0.39 is 0 Å². The van der Waals surface area contributed by atoms with Crippen molar-refractivity contribution in [2.75, 3.05) is 11.9 Å². The molecule has 1 aromatic heterocycles. The molecule has 0 radical (unpaired) electrons. The van der Waals surface area contributed by atoms with Crippen LogP contribution in [-0.2, 0) is 6.54 Å². The van der Waals surface area contributed by atoms with Crippen LogP contribution in [0.4, 0.5) is 5.69 Å². The quantitative estimate of drug-likeness (QED) is 0.851. The summed E-state index contributed by atoms with van der Waals surface area (Å²) in [5.74, 6) is 0.250. The Morgan fingerprint density at radius 1 is 1.38 bits per heavy atom. The molecule has 3 N–H and O–H groups in total. The number of benzene rings is 1. The minimum Gasteiger partial charge on any atom is -0.329 e. The topological polar surface area (TPSA) is 85.8 Å². The molecule has 112 valence electrons. The van der Waals surface area contributed by atoms with Gasteiger partial charge in [-0.15, -0.1) is 5.10 Å². The van der Waals surface area contributed by atoms with Gasteiger partial charge in [0.05, 0.1) is 12.7 Å². The van der Waals surface area contributed by atoms with Crippen molar-refractivity contribution < 1.29 is 4.79 Å². The molecule has 1 heterocycles. The predicted molar refractivity (Wildman–Crippen MR) is 82.2 cm³/mol. The van der Waals surface area contributed by atoms with Crippen LogP contribution < -0.4 is 11.1 Å². The number of hydrogen-bond acceptors (Lipinski definition) is 4. The van der Waals surface area contributed by atoms with Gasteiger partial charge in [0.2, 0.25) is 0 Å². The fourth-order valence-corrected chi connectivity index (χ4v) is 1.97. The fraction of sp³-hybridized carbons (Fsp3) is 0.400. The molecule has 1 amide bonds. The van der Waals surface area contributed by atoms with E-state index in [1.807, 2.05) is 24.3 Å². The molecule has 0 fully saturated rings. The maximum absolute atomic E-state index is 12.0. The lowest BCUT2D eigenvalue weighted by Gasteiger charge is -2.10. The number of carbonyl (C=O) groups is 1. The van der Waals surface area contributed by atoms with Gasteiger partial charge in [-0.2, -0.15) is 0 Å². The number of nitrogens with one attached hydrogen (secondary N) is 1. The molecule has 0 aliphatic carbocycles. The SMILES string of the molecule is CCC(C)c1ccc(NC(=O)c2cn(CCN)nn2)cc1. The number of anilines is 1. The Morgan fingerprint density at radius 3 is 2.71 bits per heavy atom. The van der Waals surface area contributed by atoms with E-state index in [4.69, 9.17) is 5.73 Å². The monoisotopic (exact) mass is 287 g/mol. The number of nitrogens with two attached hydrogens (primary N) is 1. The Labute approximate surface area is 124 Å². The van der Waals surface area contributed by atoms with Crippen molar-refractivity contribution in [1.29, 1.82) is 0 Å². The van der Waals surface area contributed by atoms with Gasteiger partial charge in [0.15, 0.2) is 5.69 Å². The minimum atomic E-state index is -0.269. The van der Waals surface area contributed by atoms with E-state index in [9.17, 15) is 4.79 Å². The summed E-state index contributed by atoms with van der Waals surface area (Å²) >= 11 is 0. The van der Waals surface area contributed by atoms with Crippen LogP contribution in [0.1, 0.15) is 42.2 Å². The lowest BCUT2D eigenvalue weighted by atomic mass is 9.99. The van der Waals surface area contributed by atoms with Gasteiger partial charge in [0.1, 0.15) is 0 Å². The summed E-state index contributed by atoms with van der Waals surface area (Å²) < 4.78 is 1.56. The Balaban J connectivity index is 2.01. The number of rotatable bonds is 6. The van der Waals surface area contributed by atoms with Gasteiger partial charge in [-0.25, -0.2) is 0 Å². The molecule has 0 saturated carbocycles. The van der Waals surface area contributed by atoms with E-state index in [1.165, 1.54) is 5.56 Å². The van der Waals surface area contributed by atoms with Crippen LogP contribution in [0.3, 0.4) is 0 Å². The molecule has 1 unspecified atom stereocenters. The largest absolute Gasteiger partial charge is 0.329 e. The first kappa shape index (κ1) is 15.2. The number of aromatic nitrogens is 3. The highest BCUT2D eigenvalue weighted by atomic mass is 16.2. The van der Waals surface area contributed by atoms with Gasteiger partial charge < -0.3 is 11.1 Å². The third-order valence-corrected chi connectivity index (χ3v) is 3.48. The maximum Gasteiger partial charge on any atom is 0.277 e. The highest BCUT2D eigenvalue weighted by Gasteiger charge is 2.11. The Kier molecular flexibility index (Phi) is 5.05. The Hall–Kier alpha value is -2.21. The summed E-state index contributed by atoms with van der Waals surface area (Å²) in [6, 6.07) is 7.89. The standard InChI is InChI=1S/C15H21N5O/c1-3-11(2)12-4-6-13(7-5-12)17-15(21)14-10-20(9-8-16)19-18-14/h4-7,10-11H,3,8-9,16H2,1-2H3,(H,17,21). The first-order valence-corrected chi connectivity index (χ1v) is 7.15. The van der Waals surface area contributed by atoms with E-state index in [1.54, 1.807) is 10.9 Å². The average Bonchev–Trinajstić information content (AvgIpc) is 2.96. The zero-order chi connectivity index (χ0) is 15.2. The smallest absolute Gasteiger partial charge is 0.277 e. The highest BCUT2D eigenvalue weighted by molar-refractivity contribution is 6.02. The number of carbonyl (C=O) groups excluding carboxylic acids is 1. The van der Waals surface area contributed by atoms with Crippen LogP contribution in [0.2, 0.25) is 0 Å². The summed E-state index contributed by atoms with van der Waals surface area (Å²) in [6.07, 6.45) is 2.69. The molecule has 0 bridgehead atoms. The average molecular weight is 287 g/mol. The zero-order valence-electron chi connectivity index (χ0n) is 12.4. The lowest BCUT2D eigenvalue weighted by molar-refractivity contribution is 0.102. The first-order valence-electron chi connectivity index (χ1n) is 7.15. The fourth-order valence-electron chi connectivity index (χ4n) is 1.97. The van der Waals surface area contributed by atoms with E-state index >= 15 is 0 Å². The summed E-state index contributed by atoms with van der Waals surface area (Å²) in [6.45, 7) is 5.35. The first-order chi connectivity index (χ1) is 10.1. The van der Waals surface area contributed by atoms with Crippen LogP contribution in [0, 0.1) is 0 Å². The highest BCUT2D eigenvalue weighted by Crippen LogP contribution is 2.20. The molecule has 6 nitrogen and oxygen atoms in total. The molecule has 0 spiro atoms. The lowest BCUT2D eigenvalue weighted by Crippen LogP contribution is -2.13. The van der Waals surface area contributed by atoms with Crippen molar-refractivity contribution in [3.63, 3.8) is 0 Å². The number of amides is 1. The van der Waals surface area contributed by atoms with Crippen molar-refractivity contribution in [2.24, 2.45) is 5.73 Å². The molecule has 0 aliphatic rings. The van der Waals surface area contributed by atoms with Crippen molar-refractivity contribution in [3.05, 3.63) is 41.7 Å². The molecule has 2 rings (SSSR count). The van der Waals surface area contributed by atoms with E-state index in [-0.39, 0.29) is 11.6 Å². The van der Waals surface area contributed by atoms with Crippen molar-refractivity contribution in [3.8, 4) is 0 Å². The number of hydrogen-bond donors (Lipinski definition) is 2. The second-order valence-electron chi connectivity index (χ2n) is 5.04. The minimum absolute atomic E-state index is 0.269. The molecule has 21 heavy (non-hydrogen) atoms. The third-order valence-electron chi connectivity index (χ3n) is 3.48. The molecule has 2 aromatic rings. The van der Waals surface area contributed by atoms with Crippen molar-refractivity contribution in [1.82, 2.24) is 15.0 Å². The van der Waals surface area contributed by atoms with Crippen molar-refractivity contribution in [2.45, 2.75) is 32.7 Å². The number of nitrogens with zero attached hydrogens (tertiary/aromatic N) is 3. The van der Waals surface area contributed by atoms with Gasteiger partial charge in [0.25, 0.3) is 5.91 Å². The molecular formula is C15H21N5O. The molecule has 0 saturated heterocycles. The Bertz CT molecular complexity index is 590. The van der Waals surface area contributed by atoms with Gasteiger partial charge in [-0.3, -0.25) is 9.48 Å². The molecule has 1 atom stereocenters. The molecule has 6 heteroatoms. The van der Waals surface area contributed by atoms with Gasteiger partial charge in [0, 0.05) is 12.2 Å². The second-order valence-corrected chi connectivity index (χ2v) is 5.04. The van der Waals surface area contributed by atoms with Crippen LogP contribution in [0.15, 0.2) is 30.5 Å². The predicted octanol–water partition coefficient (Wildman–Crippen LogP) is 2.00. The summed E-state index contributed by atoms with van der Waals surface area (Å²) in [5.41, 5.74) is 7.74. The van der Waals surface area contributed by atoms with Crippen LogP contribution in [0.25, 0.3) is 0 Å². The van der Waals surface area contributed by atoms with E-state index in [2.05, 4.69) is 29.5 Å². The van der Waals surface area contributed by atoms with Crippen molar-refractivity contribution >= 4 is 11.6 Å². The van der Waals surface area contributed by atoms with Gasteiger partial charge >= 0.3 is 0 Å².